The van der Waals surface area contributed by atoms with E-state index in [0.717, 1.165) is 26.2 Å². The van der Waals surface area contributed by atoms with E-state index in [-0.39, 0.29) is 12.5 Å². The molecule has 0 aliphatic heterocycles. The summed E-state index contributed by atoms with van der Waals surface area (Å²) in [6, 6.07) is 14.5. The Morgan fingerprint density at radius 1 is 1.22 bits per heavy atom. The third-order valence-electron chi connectivity index (χ3n) is 4.07. The molecule has 4 aromatic rings. The fourth-order valence-electron chi connectivity index (χ4n) is 2.76. The summed E-state index contributed by atoms with van der Waals surface area (Å²) < 4.78 is 11.8. The van der Waals surface area contributed by atoms with E-state index in [1.165, 1.54) is 6.07 Å². The average molecular weight is 380 g/mol. The first-order chi connectivity index (χ1) is 13.1. The number of aromatic nitrogens is 1. The summed E-state index contributed by atoms with van der Waals surface area (Å²) in [5.74, 6) is 0.214. The van der Waals surface area contributed by atoms with E-state index >= 15 is 0 Å². The van der Waals surface area contributed by atoms with Gasteiger partial charge in [-0.3, -0.25) is 4.79 Å². The highest BCUT2D eigenvalue weighted by Crippen LogP contribution is 2.23. The first kappa shape index (κ1) is 17.2. The van der Waals surface area contributed by atoms with Crippen LogP contribution in [-0.2, 0) is 11.3 Å². The number of nitrogens with zero attached hydrogens (tertiary/aromatic N) is 1. The number of rotatable bonds is 5. The summed E-state index contributed by atoms with van der Waals surface area (Å²) in [4.78, 5) is 28.0. The van der Waals surface area contributed by atoms with Crippen molar-refractivity contribution < 1.29 is 13.9 Å². The van der Waals surface area contributed by atoms with Crippen LogP contribution in [0, 0.1) is 6.92 Å². The van der Waals surface area contributed by atoms with Crippen LogP contribution in [0.5, 0.6) is 5.75 Å². The molecule has 0 fully saturated rings. The van der Waals surface area contributed by atoms with Gasteiger partial charge in [0.25, 0.3) is 5.91 Å². The molecule has 1 N–H and O–H groups in total. The van der Waals surface area contributed by atoms with E-state index in [0.29, 0.717) is 17.9 Å². The molecule has 2 aromatic carbocycles. The lowest BCUT2D eigenvalue weighted by atomic mass is 10.1. The number of para-hydroxylation sites is 1. The highest BCUT2D eigenvalue weighted by atomic mass is 32.1. The maximum Gasteiger partial charge on any atom is 0.336 e. The van der Waals surface area contributed by atoms with E-state index in [9.17, 15) is 9.59 Å². The first-order valence-electron chi connectivity index (χ1n) is 8.37. The highest BCUT2D eigenvalue weighted by molar-refractivity contribution is 7.18. The predicted octanol–water partition coefficient (Wildman–Crippen LogP) is 3.41. The molecule has 4 rings (SSSR count). The molecule has 2 aromatic heterocycles. The predicted molar refractivity (Wildman–Crippen MR) is 104 cm³/mol. The van der Waals surface area contributed by atoms with E-state index in [2.05, 4.69) is 10.3 Å². The van der Waals surface area contributed by atoms with Gasteiger partial charge in [-0.2, -0.15) is 0 Å². The van der Waals surface area contributed by atoms with Crippen LogP contribution in [0.25, 0.3) is 21.2 Å². The molecule has 0 radical (unpaired) electrons. The van der Waals surface area contributed by atoms with Crippen LogP contribution < -0.4 is 15.7 Å². The van der Waals surface area contributed by atoms with Gasteiger partial charge in [0.2, 0.25) is 0 Å². The van der Waals surface area contributed by atoms with Crippen molar-refractivity contribution in [1.29, 1.82) is 0 Å². The van der Waals surface area contributed by atoms with Crippen molar-refractivity contribution in [2.24, 2.45) is 0 Å². The van der Waals surface area contributed by atoms with Crippen LogP contribution in [0.3, 0.4) is 0 Å². The molecule has 0 bridgehead atoms. The lowest BCUT2D eigenvalue weighted by molar-refractivity contribution is -0.123. The molecule has 136 valence electrons. The number of amides is 1. The van der Waals surface area contributed by atoms with Crippen molar-refractivity contribution >= 4 is 38.4 Å². The number of carbonyl (C=O) groups excluding carboxylic acids is 1. The summed E-state index contributed by atoms with van der Waals surface area (Å²) in [6.45, 7) is 2.06. The Balaban J connectivity index is 1.37. The minimum absolute atomic E-state index is 0.132. The van der Waals surface area contributed by atoms with Gasteiger partial charge in [0.05, 0.1) is 16.8 Å². The zero-order valence-corrected chi connectivity index (χ0v) is 15.3. The minimum Gasteiger partial charge on any atom is -0.484 e. The number of fused-ring (bicyclic) bond motifs is 2. The molecular weight excluding hydrogens is 364 g/mol. The van der Waals surface area contributed by atoms with Crippen molar-refractivity contribution in [2.75, 3.05) is 6.61 Å². The van der Waals surface area contributed by atoms with Crippen molar-refractivity contribution in [2.45, 2.75) is 13.5 Å². The molecule has 0 aliphatic rings. The number of benzene rings is 2. The molecule has 2 heterocycles. The topological polar surface area (TPSA) is 81.4 Å². The van der Waals surface area contributed by atoms with Gasteiger partial charge in [-0.1, -0.05) is 12.1 Å². The third kappa shape index (κ3) is 3.83. The summed E-state index contributed by atoms with van der Waals surface area (Å²) >= 11 is 1.55. The number of carbonyl (C=O) groups is 1. The quantitative estimate of drug-likeness (QED) is 0.537. The molecule has 7 heteroatoms. The average Bonchev–Trinajstić information content (AvgIpc) is 3.07. The third-order valence-corrected chi connectivity index (χ3v) is 5.10. The van der Waals surface area contributed by atoms with Crippen molar-refractivity contribution in [3.63, 3.8) is 0 Å². The highest BCUT2D eigenvalue weighted by Gasteiger charge is 2.08. The normalized spacial score (nSPS) is 11.0. The molecule has 0 aliphatic carbocycles. The molecule has 0 saturated carbocycles. The number of hydrogen-bond donors (Lipinski definition) is 1. The number of hydrogen-bond acceptors (Lipinski definition) is 6. The van der Waals surface area contributed by atoms with Crippen LogP contribution >= 0.6 is 11.3 Å². The molecule has 6 nitrogen and oxygen atoms in total. The van der Waals surface area contributed by atoms with Gasteiger partial charge in [0.15, 0.2) is 6.61 Å². The van der Waals surface area contributed by atoms with Crippen molar-refractivity contribution in [1.82, 2.24) is 10.3 Å². The number of thiazole rings is 1. The number of aryl methyl sites for hydroxylation is 1. The Morgan fingerprint density at radius 2 is 2.07 bits per heavy atom. The maximum atomic E-state index is 12.0. The van der Waals surface area contributed by atoms with Crippen LogP contribution in [-0.4, -0.2) is 17.5 Å². The zero-order valence-electron chi connectivity index (χ0n) is 14.5. The second kappa shape index (κ2) is 7.20. The Morgan fingerprint density at radius 3 is 2.93 bits per heavy atom. The molecule has 0 unspecified atom stereocenters. The Labute approximate surface area is 158 Å². The zero-order chi connectivity index (χ0) is 18.8. The maximum absolute atomic E-state index is 12.0. The van der Waals surface area contributed by atoms with Gasteiger partial charge in [0.1, 0.15) is 16.3 Å². The van der Waals surface area contributed by atoms with E-state index in [1.807, 2.05) is 37.3 Å². The fraction of sp³-hybridized carbons (Fsp3) is 0.150. The standard InChI is InChI=1S/C20H16N2O4S/c1-12-8-20(24)26-16-9-13(6-7-14(12)16)25-11-18(23)21-10-19-22-15-4-2-3-5-17(15)27-19/h2-9H,10-11H2,1H3,(H,21,23). The second-order valence-electron chi connectivity index (χ2n) is 6.05. The van der Waals surface area contributed by atoms with Gasteiger partial charge in [-0.15, -0.1) is 11.3 Å². The second-order valence-corrected chi connectivity index (χ2v) is 7.16. The van der Waals surface area contributed by atoms with Crippen LogP contribution in [0.4, 0.5) is 0 Å². The van der Waals surface area contributed by atoms with E-state index < -0.39 is 5.63 Å². The first-order valence-corrected chi connectivity index (χ1v) is 9.18. The van der Waals surface area contributed by atoms with Gasteiger partial charge >= 0.3 is 5.63 Å². The molecular formula is C20H16N2O4S. The summed E-state index contributed by atoms with van der Waals surface area (Å²) in [7, 11) is 0. The van der Waals surface area contributed by atoms with Crippen LogP contribution in [0.15, 0.2) is 57.7 Å². The summed E-state index contributed by atoms with van der Waals surface area (Å²) in [5, 5.41) is 4.47. The molecule has 1 amide bonds. The van der Waals surface area contributed by atoms with Gasteiger partial charge in [0, 0.05) is 17.5 Å². The largest absolute Gasteiger partial charge is 0.484 e. The molecule has 27 heavy (non-hydrogen) atoms. The van der Waals surface area contributed by atoms with Gasteiger partial charge in [-0.25, -0.2) is 9.78 Å². The number of ether oxygens (including phenoxy) is 1. The van der Waals surface area contributed by atoms with Crippen molar-refractivity contribution in [3.05, 3.63) is 69.5 Å². The van der Waals surface area contributed by atoms with Crippen molar-refractivity contribution in [3.8, 4) is 5.75 Å². The minimum atomic E-state index is -0.411. The Hall–Kier alpha value is -3.19. The molecule has 0 atom stereocenters. The lowest BCUT2D eigenvalue weighted by Gasteiger charge is -2.08. The molecule has 0 saturated heterocycles. The monoisotopic (exact) mass is 380 g/mol. The van der Waals surface area contributed by atoms with E-state index in [1.54, 1.807) is 23.5 Å². The van der Waals surface area contributed by atoms with E-state index in [4.69, 9.17) is 9.15 Å². The summed E-state index contributed by atoms with van der Waals surface area (Å²) in [6.07, 6.45) is 0. The van der Waals surface area contributed by atoms with Gasteiger partial charge in [-0.05, 0) is 36.8 Å². The Bertz CT molecular complexity index is 1160. The lowest BCUT2D eigenvalue weighted by Crippen LogP contribution is -2.28. The fourth-order valence-corrected chi connectivity index (χ4v) is 3.67. The SMILES string of the molecule is Cc1cc(=O)oc2cc(OCC(=O)NCc3nc4ccccc4s3)ccc12. The van der Waals surface area contributed by atoms with Gasteiger partial charge < -0.3 is 14.5 Å². The molecule has 0 spiro atoms. The number of nitrogens with one attached hydrogen (secondary N) is 1. The smallest absolute Gasteiger partial charge is 0.336 e. The summed E-state index contributed by atoms with van der Waals surface area (Å²) in [5.41, 5.74) is 1.79. The van der Waals surface area contributed by atoms with Crippen LogP contribution in [0.2, 0.25) is 0 Å². The Kier molecular flexibility index (Phi) is 4.60. The van der Waals surface area contributed by atoms with Crippen LogP contribution in [0.1, 0.15) is 10.6 Å².